The molecule has 1 aliphatic carbocycles. The minimum absolute atomic E-state index is 0.0771. The van der Waals surface area contributed by atoms with Crippen molar-refractivity contribution in [2.75, 3.05) is 13.1 Å². The van der Waals surface area contributed by atoms with E-state index in [0.717, 1.165) is 0 Å². The van der Waals surface area contributed by atoms with Crippen molar-refractivity contribution >= 4 is 6.09 Å². The van der Waals surface area contributed by atoms with Crippen molar-refractivity contribution in [3.63, 3.8) is 0 Å². The Kier molecular flexibility index (Phi) is 2.02. The predicted octanol–water partition coefficient (Wildman–Crippen LogP) is 0.903. The lowest BCUT2D eigenvalue weighted by atomic mass is 10.2. The van der Waals surface area contributed by atoms with E-state index in [1.807, 2.05) is 0 Å². The minimum atomic E-state index is -1.35. The number of amides is 1. The number of hydrogen-bond acceptors (Lipinski definition) is 3. The smallest absolute Gasteiger partial charge is 0.410 e. The fraction of sp³-hybridized carbons (Fsp3) is 0.900. The van der Waals surface area contributed by atoms with Gasteiger partial charge in [-0.3, -0.25) is 0 Å². The van der Waals surface area contributed by atoms with E-state index in [4.69, 9.17) is 10.5 Å². The number of fused-ring (bicyclic) bond motifs is 1. The van der Waals surface area contributed by atoms with Crippen LogP contribution in [-0.2, 0) is 4.74 Å². The highest BCUT2D eigenvalue weighted by atomic mass is 19.1. The number of likely N-dealkylation sites (tertiary alicyclic amines) is 1. The second-order valence-corrected chi connectivity index (χ2v) is 5.42. The highest BCUT2D eigenvalue weighted by molar-refractivity contribution is 5.69. The van der Waals surface area contributed by atoms with E-state index in [9.17, 15) is 9.18 Å². The largest absolute Gasteiger partial charge is 0.444 e. The van der Waals surface area contributed by atoms with Crippen molar-refractivity contribution in [3.05, 3.63) is 0 Å². The molecule has 1 heterocycles. The van der Waals surface area contributed by atoms with Crippen molar-refractivity contribution in [1.82, 2.24) is 4.90 Å². The van der Waals surface area contributed by atoms with Gasteiger partial charge in [-0.1, -0.05) is 0 Å². The Balaban J connectivity index is 1.91. The first kappa shape index (κ1) is 10.7. The highest BCUT2D eigenvalue weighted by Crippen LogP contribution is 2.51. The molecule has 15 heavy (non-hydrogen) atoms. The minimum Gasteiger partial charge on any atom is -0.444 e. The molecule has 5 heteroatoms. The zero-order valence-electron chi connectivity index (χ0n) is 9.29. The summed E-state index contributed by atoms with van der Waals surface area (Å²) < 4.78 is 18.9. The van der Waals surface area contributed by atoms with E-state index in [-0.39, 0.29) is 12.5 Å². The van der Waals surface area contributed by atoms with Crippen LogP contribution in [0.4, 0.5) is 9.18 Å². The van der Waals surface area contributed by atoms with Gasteiger partial charge in [-0.25, -0.2) is 9.18 Å². The van der Waals surface area contributed by atoms with E-state index in [1.54, 1.807) is 20.8 Å². The van der Waals surface area contributed by atoms with Crippen molar-refractivity contribution in [2.24, 2.45) is 11.7 Å². The summed E-state index contributed by atoms with van der Waals surface area (Å²) in [6.07, 6.45) is -0.445. The Morgan fingerprint density at radius 3 is 2.60 bits per heavy atom. The fourth-order valence-electron chi connectivity index (χ4n) is 2.06. The molecular formula is C10H17FN2O2. The Bertz CT molecular complexity index is 302. The first-order chi connectivity index (χ1) is 6.74. The standard InChI is InChI=1S/C10H17FN2O2/c1-9(2,3)15-8(14)13-4-6-7(12)10(6,11)5-13/h6-7H,4-5,12H2,1-3H3/t6-,7-,10+/m0/s1. The highest BCUT2D eigenvalue weighted by Gasteiger charge is 2.70. The Morgan fingerprint density at radius 2 is 2.20 bits per heavy atom. The Morgan fingerprint density at radius 1 is 1.60 bits per heavy atom. The average Bonchev–Trinajstić information content (AvgIpc) is 2.43. The van der Waals surface area contributed by atoms with Gasteiger partial charge in [-0.05, 0) is 20.8 Å². The van der Waals surface area contributed by atoms with Crippen molar-refractivity contribution in [3.8, 4) is 0 Å². The average molecular weight is 216 g/mol. The van der Waals surface area contributed by atoms with E-state index >= 15 is 0 Å². The van der Waals surface area contributed by atoms with Gasteiger partial charge in [-0.15, -0.1) is 0 Å². The van der Waals surface area contributed by atoms with Crippen LogP contribution in [0.3, 0.4) is 0 Å². The number of alkyl halides is 1. The molecule has 2 N–H and O–H groups in total. The number of hydrogen-bond donors (Lipinski definition) is 1. The lowest BCUT2D eigenvalue weighted by molar-refractivity contribution is 0.0249. The maximum absolute atomic E-state index is 13.7. The molecule has 0 aromatic heterocycles. The van der Waals surface area contributed by atoms with Gasteiger partial charge in [0.25, 0.3) is 0 Å². The molecule has 1 saturated heterocycles. The molecule has 3 atom stereocenters. The SMILES string of the molecule is CC(C)(C)OC(=O)N1C[C@H]2[C@H](N)[C@@]2(F)C1. The summed E-state index contributed by atoms with van der Waals surface area (Å²) in [6, 6.07) is -0.392. The second kappa shape index (κ2) is 2.84. The number of nitrogens with zero attached hydrogens (tertiary/aromatic N) is 1. The molecule has 2 fully saturated rings. The zero-order chi connectivity index (χ0) is 11.4. The third-order valence-corrected chi connectivity index (χ3v) is 3.00. The molecule has 1 amide bonds. The third kappa shape index (κ3) is 1.69. The van der Waals surface area contributed by atoms with Crippen LogP contribution in [0.2, 0.25) is 0 Å². The van der Waals surface area contributed by atoms with E-state index in [1.165, 1.54) is 4.90 Å². The number of halogens is 1. The summed E-state index contributed by atoms with van der Waals surface area (Å²) in [5, 5.41) is 0. The molecule has 0 spiro atoms. The summed E-state index contributed by atoms with van der Waals surface area (Å²) in [5.41, 5.74) is 3.66. The summed E-state index contributed by atoms with van der Waals surface area (Å²) >= 11 is 0. The number of rotatable bonds is 0. The van der Waals surface area contributed by atoms with Crippen LogP contribution in [-0.4, -0.2) is 41.4 Å². The number of carbonyl (C=O) groups is 1. The first-order valence-electron chi connectivity index (χ1n) is 5.16. The topological polar surface area (TPSA) is 55.6 Å². The normalized spacial score (nSPS) is 38.9. The third-order valence-electron chi connectivity index (χ3n) is 3.00. The van der Waals surface area contributed by atoms with Gasteiger partial charge < -0.3 is 15.4 Å². The predicted molar refractivity (Wildman–Crippen MR) is 53.1 cm³/mol. The molecule has 0 aromatic rings. The van der Waals surface area contributed by atoms with Gasteiger partial charge in [0.2, 0.25) is 0 Å². The van der Waals surface area contributed by atoms with Crippen molar-refractivity contribution in [2.45, 2.75) is 38.1 Å². The molecule has 1 aliphatic heterocycles. The molecule has 0 aromatic carbocycles. The maximum atomic E-state index is 13.7. The van der Waals surface area contributed by atoms with E-state index in [0.29, 0.717) is 6.54 Å². The molecular weight excluding hydrogens is 199 g/mol. The molecule has 2 aliphatic rings. The molecule has 4 nitrogen and oxygen atoms in total. The molecule has 0 radical (unpaired) electrons. The molecule has 86 valence electrons. The first-order valence-corrected chi connectivity index (χ1v) is 5.16. The Labute approximate surface area is 88.6 Å². The fourth-order valence-corrected chi connectivity index (χ4v) is 2.06. The summed E-state index contributed by atoms with van der Waals surface area (Å²) in [4.78, 5) is 13.0. The van der Waals surface area contributed by atoms with Gasteiger partial charge in [0.1, 0.15) is 11.3 Å². The molecule has 1 saturated carbocycles. The van der Waals surface area contributed by atoms with Gasteiger partial charge in [0.05, 0.1) is 6.54 Å². The molecule has 2 rings (SSSR count). The van der Waals surface area contributed by atoms with E-state index in [2.05, 4.69) is 0 Å². The molecule has 0 unspecified atom stereocenters. The monoisotopic (exact) mass is 216 g/mol. The number of nitrogens with two attached hydrogens (primary N) is 1. The zero-order valence-corrected chi connectivity index (χ0v) is 9.29. The van der Waals surface area contributed by atoms with Gasteiger partial charge >= 0.3 is 6.09 Å². The van der Waals surface area contributed by atoms with Crippen molar-refractivity contribution < 1.29 is 13.9 Å². The summed E-state index contributed by atoms with van der Waals surface area (Å²) in [7, 11) is 0. The number of piperidine rings is 1. The van der Waals surface area contributed by atoms with Crippen molar-refractivity contribution in [1.29, 1.82) is 0 Å². The quantitative estimate of drug-likeness (QED) is 0.654. The van der Waals surface area contributed by atoms with Crippen LogP contribution >= 0.6 is 0 Å². The van der Waals surface area contributed by atoms with Crippen LogP contribution in [0.15, 0.2) is 0 Å². The molecule has 0 bridgehead atoms. The summed E-state index contributed by atoms with van der Waals surface area (Å²) in [6.45, 7) is 5.83. The summed E-state index contributed by atoms with van der Waals surface area (Å²) in [5.74, 6) is -0.190. The maximum Gasteiger partial charge on any atom is 0.410 e. The lowest BCUT2D eigenvalue weighted by Crippen LogP contribution is -2.40. The van der Waals surface area contributed by atoms with Crippen LogP contribution in [0.5, 0.6) is 0 Å². The van der Waals surface area contributed by atoms with Gasteiger partial charge in [0.15, 0.2) is 0 Å². The van der Waals surface area contributed by atoms with E-state index < -0.39 is 23.4 Å². The van der Waals surface area contributed by atoms with Gasteiger partial charge in [0, 0.05) is 18.5 Å². The Hall–Kier alpha value is -0.840. The van der Waals surface area contributed by atoms with Crippen LogP contribution in [0.25, 0.3) is 0 Å². The number of ether oxygens (including phenoxy) is 1. The second-order valence-electron chi connectivity index (χ2n) is 5.42. The van der Waals surface area contributed by atoms with Crippen LogP contribution in [0.1, 0.15) is 20.8 Å². The van der Waals surface area contributed by atoms with Crippen LogP contribution < -0.4 is 5.73 Å². The van der Waals surface area contributed by atoms with Gasteiger partial charge in [-0.2, -0.15) is 0 Å². The van der Waals surface area contributed by atoms with Crippen LogP contribution in [0, 0.1) is 5.92 Å². The lowest BCUT2D eigenvalue weighted by Gasteiger charge is -2.25. The number of carbonyl (C=O) groups excluding carboxylic acids is 1.